The number of nitrogens with zero attached hydrogens (tertiary/aromatic N) is 1. The van der Waals surface area contributed by atoms with E-state index in [2.05, 4.69) is 29.3 Å². The van der Waals surface area contributed by atoms with Gasteiger partial charge in [-0.15, -0.1) is 0 Å². The molecule has 2 bridgehead atoms. The van der Waals surface area contributed by atoms with E-state index in [-0.39, 0.29) is 29.2 Å². The van der Waals surface area contributed by atoms with Gasteiger partial charge in [-0.3, -0.25) is 9.36 Å². The molecule has 4 atom stereocenters. The molecule has 134 valence electrons. The van der Waals surface area contributed by atoms with Crippen molar-refractivity contribution in [2.75, 3.05) is 0 Å². The van der Waals surface area contributed by atoms with Crippen molar-refractivity contribution in [1.29, 1.82) is 0 Å². The number of H-pyrrole nitrogens is 1. The zero-order chi connectivity index (χ0) is 18.4. The molecule has 27 heavy (non-hydrogen) atoms. The van der Waals surface area contributed by atoms with Crippen LogP contribution in [0.1, 0.15) is 28.5 Å². The zero-order valence-corrected chi connectivity index (χ0v) is 14.7. The van der Waals surface area contributed by atoms with Gasteiger partial charge in [0, 0.05) is 34.4 Å². The quantitative estimate of drug-likeness (QED) is 0.582. The van der Waals surface area contributed by atoms with Gasteiger partial charge in [-0.05, 0) is 36.5 Å². The Morgan fingerprint density at radius 3 is 2.15 bits per heavy atom. The summed E-state index contributed by atoms with van der Waals surface area (Å²) in [7, 11) is 0. The van der Waals surface area contributed by atoms with Gasteiger partial charge in [-0.1, -0.05) is 30.4 Å². The summed E-state index contributed by atoms with van der Waals surface area (Å²) < 4.78 is 1.50. The average Bonchev–Trinajstić information content (AvgIpc) is 2.86. The molecule has 7 rings (SSSR count). The number of allylic oxidation sites excluding steroid dienone is 4. The minimum absolute atomic E-state index is 0.0925. The van der Waals surface area contributed by atoms with Gasteiger partial charge >= 0.3 is 0 Å². The molecule has 3 aromatic rings. The molecule has 4 aliphatic rings. The molecular weight excluding hydrogens is 340 g/mol. The molecule has 0 saturated heterocycles. The Morgan fingerprint density at radius 2 is 1.56 bits per heavy atom. The molecular formula is C22H18N2O3. The lowest BCUT2D eigenvalue weighted by Crippen LogP contribution is -2.36. The second-order valence-electron chi connectivity index (χ2n) is 7.83. The van der Waals surface area contributed by atoms with E-state index in [9.17, 15) is 15.0 Å². The highest BCUT2D eigenvalue weighted by atomic mass is 16.3. The van der Waals surface area contributed by atoms with Crippen LogP contribution in [0.4, 0.5) is 0 Å². The van der Waals surface area contributed by atoms with Crippen molar-refractivity contribution < 1.29 is 10.2 Å². The number of pyridine rings is 1. The second-order valence-corrected chi connectivity index (χ2v) is 7.83. The summed E-state index contributed by atoms with van der Waals surface area (Å²) >= 11 is 0. The van der Waals surface area contributed by atoms with Gasteiger partial charge in [0.05, 0.1) is 11.2 Å². The predicted octanol–water partition coefficient (Wildman–Crippen LogP) is 3.59. The average molecular weight is 358 g/mol. The number of aromatic hydroxyl groups is 2. The Balaban J connectivity index is 1.59. The van der Waals surface area contributed by atoms with E-state index in [1.54, 1.807) is 12.1 Å². The van der Waals surface area contributed by atoms with Crippen molar-refractivity contribution in [3.8, 4) is 17.4 Å². The molecule has 4 unspecified atom stereocenters. The molecule has 5 nitrogen and oxygen atoms in total. The van der Waals surface area contributed by atoms with Gasteiger partial charge in [0.2, 0.25) is 17.3 Å². The molecule has 0 amide bonds. The molecule has 0 spiro atoms. The van der Waals surface area contributed by atoms with Crippen LogP contribution in [0.2, 0.25) is 0 Å². The number of aryl methyl sites for hydroxylation is 1. The predicted molar refractivity (Wildman–Crippen MR) is 103 cm³/mol. The first-order valence-electron chi connectivity index (χ1n) is 9.21. The van der Waals surface area contributed by atoms with Gasteiger partial charge in [-0.2, -0.15) is 0 Å². The molecule has 4 aliphatic carbocycles. The van der Waals surface area contributed by atoms with Crippen molar-refractivity contribution >= 4 is 10.9 Å². The first-order valence-corrected chi connectivity index (χ1v) is 9.21. The van der Waals surface area contributed by atoms with E-state index < -0.39 is 0 Å². The van der Waals surface area contributed by atoms with Crippen LogP contribution in [0.5, 0.6) is 11.8 Å². The molecule has 0 aliphatic heterocycles. The van der Waals surface area contributed by atoms with E-state index >= 15 is 0 Å². The second kappa shape index (κ2) is 4.74. The summed E-state index contributed by atoms with van der Waals surface area (Å²) in [6.07, 6.45) is 8.71. The van der Waals surface area contributed by atoms with Crippen LogP contribution in [0.3, 0.4) is 0 Å². The van der Waals surface area contributed by atoms with Crippen molar-refractivity contribution in [2.24, 2.45) is 11.8 Å². The van der Waals surface area contributed by atoms with Crippen LogP contribution in [0, 0.1) is 18.8 Å². The van der Waals surface area contributed by atoms with Gasteiger partial charge < -0.3 is 15.2 Å². The third-order valence-electron chi connectivity index (χ3n) is 6.51. The summed E-state index contributed by atoms with van der Waals surface area (Å²) in [4.78, 5) is 14.7. The summed E-state index contributed by atoms with van der Waals surface area (Å²) in [5.41, 5.74) is 3.72. The Kier molecular flexibility index (Phi) is 2.62. The van der Waals surface area contributed by atoms with E-state index in [1.807, 2.05) is 19.1 Å². The van der Waals surface area contributed by atoms with Crippen LogP contribution in [-0.2, 0) is 0 Å². The van der Waals surface area contributed by atoms with Crippen LogP contribution in [0.25, 0.3) is 16.6 Å². The monoisotopic (exact) mass is 358 g/mol. The number of hydrogen-bond donors (Lipinski definition) is 3. The van der Waals surface area contributed by atoms with Gasteiger partial charge in [0.15, 0.2) is 0 Å². The fourth-order valence-corrected chi connectivity index (χ4v) is 5.21. The molecule has 1 aromatic carbocycles. The van der Waals surface area contributed by atoms with Gasteiger partial charge in [0.25, 0.3) is 0 Å². The Hall–Kier alpha value is -3.21. The maximum absolute atomic E-state index is 11.8. The maximum atomic E-state index is 11.8. The minimum Gasteiger partial charge on any atom is -0.494 e. The molecule has 2 heterocycles. The smallest absolute Gasteiger partial charge is 0.248 e. The third kappa shape index (κ3) is 1.71. The van der Waals surface area contributed by atoms with Gasteiger partial charge in [-0.25, -0.2) is 0 Å². The SMILES string of the molecule is Cc1cc(=O)[nH]c2cc(-n3c(O)c4c(c3O)C3C=CC4C4C=CC34)ccc12. The number of nitrogens with one attached hydrogen (secondary N) is 1. The number of aromatic amines is 1. The lowest BCUT2D eigenvalue weighted by Gasteiger charge is -2.47. The van der Waals surface area contributed by atoms with Crippen molar-refractivity contribution in [3.05, 3.63) is 75.6 Å². The van der Waals surface area contributed by atoms with Crippen LogP contribution in [0.15, 0.2) is 53.4 Å². The van der Waals surface area contributed by atoms with Crippen LogP contribution in [-0.4, -0.2) is 19.8 Å². The van der Waals surface area contributed by atoms with Crippen LogP contribution >= 0.6 is 0 Å². The zero-order valence-electron chi connectivity index (χ0n) is 14.7. The fourth-order valence-electron chi connectivity index (χ4n) is 5.21. The summed E-state index contributed by atoms with van der Waals surface area (Å²) in [5.74, 6) is 1.21. The highest BCUT2D eigenvalue weighted by molar-refractivity contribution is 5.84. The summed E-state index contributed by atoms with van der Waals surface area (Å²) in [5, 5.41) is 23.0. The fraction of sp³-hybridized carbons (Fsp3) is 0.227. The maximum Gasteiger partial charge on any atom is 0.248 e. The minimum atomic E-state index is -0.165. The van der Waals surface area contributed by atoms with Gasteiger partial charge in [0.1, 0.15) is 0 Å². The summed E-state index contributed by atoms with van der Waals surface area (Å²) in [6, 6.07) is 7.14. The van der Waals surface area contributed by atoms with Crippen LogP contribution < -0.4 is 5.56 Å². The molecule has 2 aromatic heterocycles. The number of fused-ring (bicyclic) bond motifs is 1. The van der Waals surface area contributed by atoms with E-state index in [0.29, 0.717) is 23.0 Å². The first-order chi connectivity index (χ1) is 13.0. The largest absolute Gasteiger partial charge is 0.494 e. The van der Waals surface area contributed by atoms with E-state index in [4.69, 9.17) is 0 Å². The standard InChI is InChI=1S/C22H18N2O3/c1-10-8-18(25)23-17-9-11(2-3-12(10)17)24-21(26)19-15-6-7-16(20(19)22(24)27)14-5-4-13(14)15/h2-9,13-16,26-27H,1H3,(H,23,25). The highest BCUT2D eigenvalue weighted by Gasteiger charge is 2.49. The number of aromatic nitrogens is 2. The normalized spacial score (nSPS) is 26.9. The van der Waals surface area contributed by atoms with E-state index in [1.165, 1.54) is 4.57 Å². The molecule has 3 N–H and O–H groups in total. The Labute approximate surface area is 154 Å². The topological polar surface area (TPSA) is 78.2 Å². The third-order valence-corrected chi connectivity index (χ3v) is 6.51. The molecule has 0 saturated carbocycles. The van der Waals surface area contributed by atoms with Crippen molar-refractivity contribution in [1.82, 2.24) is 9.55 Å². The lowest BCUT2D eigenvalue weighted by molar-refractivity contribution is 0.306. The molecule has 0 radical (unpaired) electrons. The highest BCUT2D eigenvalue weighted by Crippen LogP contribution is 2.61. The lowest BCUT2D eigenvalue weighted by atomic mass is 9.56. The number of rotatable bonds is 1. The first kappa shape index (κ1) is 14.9. The Morgan fingerprint density at radius 1 is 0.926 bits per heavy atom. The number of benzene rings is 1. The molecule has 5 heteroatoms. The molecule has 0 fully saturated rings. The Bertz CT molecular complexity index is 1220. The van der Waals surface area contributed by atoms with Crippen molar-refractivity contribution in [2.45, 2.75) is 18.8 Å². The van der Waals surface area contributed by atoms with Crippen molar-refractivity contribution in [3.63, 3.8) is 0 Å². The van der Waals surface area contributed by atoms with E-state index in [0.717, 1.165) is 22.1 Å². The summed E-state index contributed by atoms with van der Waals surface area (Å²) in [6.45, 7) is 1.90. The number of hydrogen-bond acceptors (Lipinski definition) is 3.